The van der Waals surface area contributed by atoms with Gasteiger partial charge in [0.25, 0.3) is 0 Å². The molecule has 0 fully saturated rings. The number of carbonyl (C=O) groups is 2. The van der Waals surface area contributed by atoms with E-state index < -0.39 is 5.91 Å². The largest absolute Gasteiger partial charge is 0.289 e. The van der Waals surface area contributed by atoms with Gasteiger partial charge in [-0.1, -0.05) is 30.7 Å². The summed E-state index contributed by atoms with van der Waals surface area (Å²) in [5, 5.41) is 12.3. The van der Waals surface area contributed by atoms with E-state index in [4.69, 9.17) is 5.21 Å². The average molecular weight is 355 g/mol. The Bertz CT molecular complexity index is 732. The Morgan fingerprint density at radius 1 is 0.962 bits per heavy atom. The minimum Gasteiger partial charge on any atom is -0.289 e. The predicted molar refractivity (Wildman–Crippen MR) is 96.2 cm³/mol. The lowest BCUT2D eigenvalue weighted by atomic mass is 10.1. The van der Waals surface area contributed by atoms with Gasteiger partial charge in [0, 0.05) is 30.8 Å². The van der Waals surface area contributed by atoms with Crippen LogP contribution in [0.15, 0.2) is 48.1 Å². The van der Waals surface area contributed by atoms with Crippen LogP contribution in [-0.2, 0) is 9.59 Å². The second kappa shape index (κ2) is 10.7. The number of hydrogen-bond donors (Lipinski definition) is 3. The number of hydroxylamine groups is 1. The quantitative estimate of drug-likeness (QED) is 0.275. The summed E-state index contributed by atoms with van der Waals surface area (Å²) in [6, 6.07) is 7.66. The monoisotopic (exact) mass is 355 g/mol. The van der Waals surface area contributed by atoms with Crippen LogP contribution in [0.25, 0.3) is 11.1 Å². The maximum atomic E-state index is 11.7. The first-order valence-corrected chi connectivity index (χ1v) is 8.29. The zero-order valence-electron chi connectivity index (χ0n) is 14.3. The molecule has 3 N–H and O–H groups in total. The molecule has 8 nitrogen and oxygen atoms in total. The molecule has 2 rings (SSSR count). The van der Waals surface area contributed by atoms with Gasteiger partial charge in [0.1, 0.15) is 6.33 Å². The fraction of sp³-hybridized carbons (Fsp3) is 0.278. The molecule has 1 heterocycles. The summed E-state index contributed by atoms with van der Waals surface area (Å²) in [4.78, 5) is 30.5. The highest BCUT2D eigenvalue weighted by atomic mass is 16.5. The van der Waals surface area contributed by atoms with Gasteiger partial charge in [0.05, 0.1) is 6.21 Å². The van der Waals surface area contributed by atoms with Crippen molar-refractivity contribution in [2.24, 2.45) is 5.10 Å². The number of amides is 2. The van der Waals surface area contributed by atoms with Crippen LogP contribution >= 0.6 is 0 Å². The van der Waals surface area contributed by atoms with Gasteiger partial charge in [-0.25, -0.2) is 20.9 Å². The summed E-state index contributed by atoms with van der Waals surface area (Å²) in [5.74, 6) is -0.587. The van der Waals surface area contributed by atoms with Crippen molar-refractivity contribution in [2.75, 3.05) is 0 Å². The summed E-state index contributed by atoms with van der Waals surface area (Å²) in [7, 11) is 0. The van der Waals surface area contributed by atoms with E-state index >= 15 is 0 Å². The summed E-state index contributed by atoms with van der Waals surface area (Å²) >= 11 is 0. The molecule has 0 radical (unpaired) electrons. The Morgan fingerprint density at radius 2 is 1.62 bits per heavy atom. The molecule has 0 spiro atoms. The van der Waals surface area contributed by atoms with Crippen LogP contribution in [0.1, 0.15) is 37.7 Å². The maximum absolute atomic E-state index is 11.7. The predicted octanol–water partition coefficient (Wildman–Crippen LogP) is 2.05. The Balaban J connectivity index is 1.69. The zero-order valence-corrected chi connectivity index (χ0v) is 14.3. The minimum absolute atomic E-state index is 0.175. The first kappa shape index (κ1) is 19.2. The molecule has 8 heteroatoms. The number of nitrogens with one attached hydrogen (secondary N) is 2. The van der Waals surface area contributed by atoms with Gasteiger partial charge in [0.2, 0.25) is 11.8 Å². The van der Waals surface area contributed by atoms with E-state index in [9.17, 15) is 9.59 Å². The van der Waals surface area contributed by atoms with Crippen LogP contribution in [-0.4, -0.2) is 33.2 Å². The maximum Gasteiger partial charge on any atom is 0.243 e. The number of hydrazone groups is 1. The molecule has 1 aromatic carbocycles. The Labute approximate surface area is 151 Å². The van der Waals surface area contributed by atoms with Gasteiger partial charge >= 0.3 is 0 Å². The van der Waals surface area contributed by atoms with Gasteiger partial charge in [-0.3, -0.25) is 14.8 Å². The molecule has 0 bridgehead atoms. The molecule has 0 aliphatic heterocycles. The molecule has 2 aromatic rings. The fourth-order valence-electron chi connectivity index (χ4n) is 2.25. The lowest BCUT2D eigenvalue weighted by Gasteiger charge is -2.02. The third-order valence-electron chi connectivity index (χ3n) is 3.64. The summed E-state index contributed by atoms with van der Waals surface area (Å²) < 4.78 is 0. The van der Waals surface area contributed by atoms with Crippen molar-refractivity contribution in [3.05, 3.63) is 48.5 Å². The Hall–Kier alpha value is -3.13. The van der Waals surface area contributed by atoms with Gasteiger partial charge in [0.15, 0.2) is 0 Å². The standard InChI is InChI=1S/C18H21N5O3/c24-17(4-2-1-3-5-18(25)23-26)22-21-10-14-6-8-15(9-7-14)16-11-19-13-20-12-16/h6-13,26H,1-5H2,(H,22,24)(H,23,25). The highest BCUT2D eigenvalue weighted by molar-refractivity contribution is 5.83. The van der Waals surface area contributed by atoms with Crippen LogP contribution in [0, 0.1) is 0 Å². The van der Waals surface area contributed by atoms with Gasteiger partial charge in [-0.05, 0) is 24.0 Å². The van der Waals surface area contributed by atoms with Crippen molar-refractivity contribution in [1.82, 2.24) is 20.9 Å². The van der Waals surface area contributed by atoms with E-state index in [1.165, 1.54) is 6.33 Å². The third-order valence-corrected chi connectivity index (χ3v) is 3.64. The van der Waals surface area contributed by atoms with E-state index in [1.807, 2.05) is 24.3 Å². The number of aromatic nitrogens is 2. The zero-order chi connectivity index (χ0) is 18.6. The smallest absolute Gasteiger partial charge is 0.243 e. The Kier molecular flexibility index (Phi) is 7.88. The van der Waals surface area contributed by atoms with Crippen molar-refractivity contribution in [3.8, 4) is 11.1 Å². The molecule has 26 heavy (non-hydrogen) atoms. The lowest BCUT2D eigenvalue weighted by molar-refractivity contribution is -0.129. The first-order chi connectivity index (χ1) is 12.7. The van der Waals surface area contributed by atoms with Crippen molar-refractivity contribution < 1.29 is 14.8 Å². The lowest BCUT2D eigenvalue weighted by Crippen LogP contribution is -2.18. The first-order valence-electron chi connectivity index (χ1n) is 8.29. The second-order valence-electron chi connectivity index (χ2n) is 5.64. The SMILES string of the molecule is O=C(CCCCCC(=O)NN=Cc1ccc(-c2cncnc2)cc1)NO. The average Bonchev–Trinajstić information content (AvgIpc) is 2.68. The van der Waals surface area contributed by atoms with E-state index in [1.54, 1.807) is 24.1 Å². The number of hydrogen-bond acceptors (Lipinski definition) is 6. The van der Waals surface area contributed by atoms with E-state index in [-0.39, 0.29) is 12.3 Å². The number of carbonyl (C=O) groups excluding carboxylic acids is 2. The van der Waals surface area contributed by atoms with Gasteiger partial charge in [-0.2, -0.15) is 5.10 Å². The van der Waals surface area contributed by atoms with Crippen LogP contribution in [0.5, 0.6) is 0 Å². The summed E-state index contributed by atoms with van der Waals surface area (Å²) in [5.41, 5.74) is 6.85. The van der Waals surface area contributed by atoms with E-state index in [0.29, 0.717) is 19.3 Å². The normalized spacial score (nSPS) is 10.7. The minimum atomic E-state index is -0.412. The van der Waals surface area contributed by atoms with Crippen molar-refractivity contribution >= 4 is 18.0 Å². The number of unbranched alkanes of at least 4 members (excludes halogenated alkanes) is 2. The van der Waals surface area contributed by atoms with Crippen molar-refractivity contribution in [1.29, 1.82) is 0 Å². The number of nitrogens with zero attached hydrogens (tertiary/aromatic N) is 3. The molecule has 1 aromatic heterocycles. The van der Waals surface area contributed by atoms with Crippen LogP contribution in [0.3, 0.4) is 0 Å². The van der Waals surface area contributed by atoms with Gasteiger partial charge < -0.3 is 0 Å². The molecule has 0 saturated carbocycles. The number of benzene rings is 1. The van der Waals surface area contributed by atoms with Crippen molar-refractivity contribution in [2.45, 2.75) is 32.1 Å². The molecule has 0 aliphatic carbocycles. The highest BCUT2D eigenvalue weighted by Gasteiger charge is 2.02. The van der Waals surface area contributed by atoms with Crippen LogP contribution in [0.4, 0.5) is 0 Å². The third kappa shape index (κ3) is 6.78. The molecular formula is C18H21N5O3. The second-order valence-corrected chi connectivity index (χ2v) is 5.64. The molecule has 0 atom stereocenters. The number of rotatable bonds is 9. The van der Waals surface area contributed by atoms with E-state index in [2.05, 4.69) is 20.5 Å². The molecule has 136 valence electrons. The molecule has 0 unspecified atom stereocenters. The molecule has 0 aliphatic rings. The molecule has 0 saturated heterocycles. The van der Waals surface area contributed by atoms with Crippen LogP contribution < -0.4 is 10.9 Å². The molecule has 2 amide bonds. The Morgan fingerprint density at radius 3 is 2.27 bits per heavy atom. The summed E-state index contributed by atoms with van der Waals surface area (Å²) in [6.07, 6.45) is 9.16. The topological polar surface area (TPSA) is 117 Å². The molecular weight excluding hydrogens is 334 g/mol. The fourth-order valence-corrected chi connectivity index (χ4v) is 2.25. The highest BCUT2D eigenvalue weighted by Crippen LogP contribution is 2.16. The summed E-state index contributed by atoms with van der Waals surface area (Å²) in [6.45, 7) is 0. The van der Waals surface area contributed by atoms with Crippen molar-refractivity contribution in [3.63, 3.8) is 0 Å². The van der Waals surface area contributed by atoms with E-state index in [0.717, 1.165) is 23.1 Å². The van der Waals surface area contributed by atoms with Crippen LogP contribution in [0.2, 0.25) is 0 Å². The van der Waals surface area contributed by atoms with Gasteiger partial charge in [-0.15, -0.1) is 0 Å².